The van der Waals surface area contributed by atoms with E-state index in [1.807, 2.05) is 12.1 Å². The summed E-state index contributed by atoms with van der Waals surface area (Å²) >= 11 is 0. The van der Waals surface area contributed by atoms with Crippen LogP contribution in [0.25, 0.3) is 66.2 Å². The lowest BCUT2D eigenvalue weighted by atomic mass is 9.94. The molecule has 0 N–H and O–H groups in total. The summed E-state index contributed by atoms with van der Waals surface area (Å²) in [5.74, 6) is 2.77. The van der Waals surface area contributed by atoms with Crippen LogP contribution in [0.15, 0.2) is 91.0 Å². The van der Waals surface area contributed by atoms with Crippen molar-refractivity contribution in [1.29, 1.82) is 0 Å². The minimum atomic E-state index is -0.192. The summed E-state index contributed by atoms with van der Waals surface area (Å²) in [6.07, 6.45) is 0. The summed E-state index contributed by atoms with van der Waals surface area (Å²) in [7, 11) is 0. The first kappa shape index (κ1) is 24.4. The van der Waals surface area contributed by atoms with Crippen LogP contribution in [0.3, 0.4) is 0 Å². The molecular weight excluding hydrogens is 528 g/mol. The Balaban J connectivity index is 1.36. The second-order valence-electron chi connectivity index (χ2n) is 12.9. The molecule has 3 aromatic heterocycles. The molecule has 0 radical (unpaired) electrons. The Bertz CT molecular complexity index is 2490. The first-order valence-corrected chi connectivity index (χ1v) is 14.9. The number of rotatable bonds is 1. The van der Waals surface area contributed by atoms with E-state index in [9.17, 15) is 0 Å². The lowest BCUT2D eigenvalue weighted by Gasteiger charge is -2.21. The summed E-state index contributed by atoms with van der Waals surface area (Å²) < 4.78 is 11.0. The number of hydrogen-bond donors (Lipinski definition) is 0. The summed E-state index contributed by atoms with van der Waals surface area (Å²) in [6.45, 7) is 11.0. The average Bonchev–Trinajstić information content (AvgIpc) is 3.53. The number of fused-ring (bicyclic) bond motifs is 10. The maximum atomic E-state index is 6.34. The van der Waals surface area contributed by atoms with Crippen LogP contribution < -0.4 is 4.74 Å². The number of imidazole rings is 1. The van der Waals surface area contributed by atoms with Crippen LogP contribution in [-0.4, -0.2) is 18.9 Å². The Morgan fingerprint density at radius 2 is 1.44 bits per heavy atom. The smallest absolute Gasteiger partial charge is 0.152 e. The van der Waals surface area contributed by atoms with Crippen molar-refractivity contribution in [3.05, 3.63) is 108 Å². The van der Waals surface area contributed by atoms with Gasteiger partial charge in [0.1, 0.15) is 11.5 Å². The third-order valence-corrected chi connectivity index (χ3v) is 9.03. The molecule has 0 atom stereocenters. The topological polar surface area (TPSA) is 44.3 Å². The number of ether oxygens (including phenoxy) is 1. The monoisotopic (exact) mass is 558 g/mol. The van der Waals surface area contributed by atoms with E-state index in [2.05, 4.69) is 122 Å². The molecule has 0 unspecified atom stereocenters. The van der Waals surface area contributed by atoms with Gasteiger partial charge in [-0.3, -0.25) is 4.40 Å². The Morgan fingerprint density at radius 1 is 0.674 bits per heavy atom. The minimum Gasteiger partial charge on any atom is -0.453 e. The lowest BCUT2D eigenvalue weighted by Crippen LogP contribution is -2.19. The molecule has 0 spiro atoms. The Hall–Kier alpha value is -5.16. The van der Waals surface area contributed by atoms with Gasteiger partial charge in [0.25, 0.3) is 0 Å². The van der Waals surface area contributed by atoms with Crippen LogP contribution >= 0.6 is 0 Å². The van der Waals surface area contributed by atoms with Gasteiger partial charge in [0.05, 0.1) is 33.3 Å². The van der Waals surface area contributed by atoms with Crippen LogP contribution in [0.4, 0.5) is 0 Å². The third kappa shape index (κ3) is 3.28. The molecule has 43 heavy (non-hydrogen) atoms. The van der Waals surface area contributed by atoms with E-state index in [0.29, 0.717) is 0 Å². The Kier molecular flexibility index (Phi) is 4.68. The largest absolute Gasteiger partial charge is 0.453 e. The molecule has 1 aliphatic heterocycles. The molecule has 4 heterocycles. The van der Waals surface area contributed by atoms with Crippen molar-refractivity contribution >= 4 is 49.4 Å². The fourth-order valence-electron chi connectivity index (χ4n) is 6.85. The first-order valence-electron chi connectivity index (χ1n) is 14.9. The second-order valence-corrected chi connectivity index (χ2v) is 12.9. The molecular formula is C38H30N4O. The molecule has 208 valence electrons. The summed E-state index contributed by atoms with van der Waals surface area (Å²) in [4.78, 5) is 10.6. The average molecular weight is 559 g/mol. The number of aromatic nitrogens is 4. The molecule has 9 rings (SSSR count). The summed E-state index contributed by atoms with van der Waals surface area (Å²) in [5, 5.41) is 3.43. The van der Waals surface area contributed by atoms with Crippen molar-refractivity contribution < 1.29 is 4.74 Å². The van der Waals surface area contributed by atoms with Crippen LogP contribution in [0.2, 0.25) is 0 Å². The molecule has 5 heteroatoms. The molecule has 0 aliphatic carbocycles. The zero-order valence-corrected chi connectivity index (χ0v) is 24.9. The van der Waals surface area contributed by atoms with E-state index in [-0.39, 0.29) is 5.41 Å². The molecule has 5 aromatic carbocycles. The number of benzene rings is 5. The van der Waals surface area contributed by atoms with Crippen molar-refractivity contribution in [1.82, 2.24) is 18.9 Å². The molecule has 8 aromatic rings. The maximum absolute atomic E-state index is 6.34. The fourth-order valence-corrected chi connectivity index (χ4v) is 6.85. The highest BCUT2D eigenvalue weighted by Gasteiger charge is 2.26. The van der Waals surface area contributed by atoms with Gasteiger partial charge in [0.15, 0.2) is 11.5 Å². The second kappa shape index (κ2) is 8.23. The normalized spacial score (nSPS) is 13.0. The fraction of sp³-hybridized carbons (Fsp3) is 0.158. The van der Waals surface area contributed by atoms with E-state index in [0.717, 1.165) is 72.8 Å². The number of hydrogen-bond acceptors (Lipinski definition) is 3. The Morgan fingerprint density at radius 3 is 2.30 bits per heavy atom. The molecule has 0 saturated heterocycles. The molecule has 1 aliphatic rings. The van der Waals surface area contributed by atoms with Gasteiger partial charge in [0, 0.05) is 27.1 Å². The van der Waals surface area contributed by atoms with Crippen molar-refractivity contribution in [2.24, 2.45) is 0 Å². The van der Waals surface area contributed by atoms with Crippen molar-refractivity contribution in [3.8, 4) is 28.3 Å². The highest BCUT2D eigenvalue weighted by molar-refractivity contribution is 6.14. The van der Waals surface area contributed by atoms with E-state index in [4.69, 9.17) is 14.7 Å². The lowest BCUT2D eigenvalue weighted by molar-refractivity contribution is 0.476. The van der Waals surface area contributed by atoms with Crippen LogP contribution in [-0.2, 0) is 5.41 Å². The Labute approximate surface area is 249 Å². The SMILES string of the molecule is Cc1cc2nc3c4cccc(-c5ccc6c(c5)c5cccc7c5n6-c5ccccc5O7)c4nc(C(C)(C)C)n3c2cc1C. The zero-order chi connectivity index (χ0) is 29.2. The predicted octanol–water partition coefficient (Wildman–Crippen LogP) is 9.82. The predicted molar refractivity (Wildman–Crippen MR) is 176 cm³/mol. The van der Waals surface area contributed by atoms with Crippen molar-refractivity contribution in [3.63, 3.8) is 0 Å². The minimum absolute atomic E-state index is 0.192. The van der Waals surface area contributed by atoms with Gasteiger partial charge < -0.3 is 9.30 Å². The van der Waals surface area contributed by atoms with E-state index < -0.39 is 0 Å². The van der Waals surface area contributed by atoms with Crippen molar-refractivity contribution in [2.75, 3.05) is 0 Å². The molecule has 0 amide bonds. The van der Waals surface area contributed by atoms with Gasteiger partial charge in [0.2, 0.25) is 0 Å². The standard InChI is InChI=1S/C38H30N4O/c1-21-18-28-31(19-22(21)2)42-36(39-28)26-12-8-10-24(34(26)40-37(42)38(3,4)5)23-16-17-29-27(20-23)25-11-9-15-33-35(25)41(29)30-13-6-7-14-32(30)43-33/h6-20H,1-5H3. The summed E-state index contributed by atoms with van der Waals surface area (Å²) in [5.41, 5.74) is 11.9. The van der Waals surface area contributed by atoms with E-state index in [1.165, 1.54) is 21.9 Å². The van der Waals surface area contributed by atoms with E-state index in [1.54, 1.807) is 0 Å². The van der Waals surface area contributed by atoms with Crippen LogP contribution in [0.1, 0.15) is 37.7 Å². The molecule has 0 fully saturated rings. The maximum Gasteiger partial charge on any atom is 0.152 e. The van der Waals surface area contributed by atoms with Crippen LogP contribution in [0.5, 0.6) is 11.5 Å². The number of aryl methyl sites for hydroxylation is 2. The quantitative estimate of drug-likeness (QED) is 0.201. The number of para-hydroxylation sites is 4. The summed E-state index contributed by atoms with van der Waals surface area (Å²) in [6, 6.07) is 32.3. The molecule has 5 nitrogen and oxygen atoms in total. The van der Waals surface area contributed by atoms with Gasteiger partial charge in [-0.25, -0.2) is 9.97 Å². The highest BCUT2D eigenvalue weighted by atomic mass is 16.5. The number of nitrogens with zero attached hydrogens (tertiary/aromatic N) is 4. The van der Waals surface area contributed by atoms with Gasteiger partial charge in [-0.15, -0.1) is 0 Å². The van der Waals surface area contributed by atoms with Gasteiger partial charge >= 0.3 is 0 Å². The van der Waals surface area contributed by atoms with E-state index >= 15 is 0 Å². The van der Waals surface area contributed by atoms with Gasteiger partial charge in [-0.2, -0.15) is 0 Å². The highest BCUT2D eigenvalue weighted by Crippen LogP contribution is 2.46. The molecule has 0 saturated carbocycles. The van der Waals surface area contributed by atoms with Crippen molar-refractivity contribution in [2.45, 2.75) is 40.0 Å². The first-order chi connectivity index (χ1) is 20.8. The van der Waals surface area contributed by atoms with Crippen LogP contribution in [0, 0.1) is 13.8 Å². The van der Waals surface area contributed by atoms with Gasteiger partial charge in [-0.1, -0.05) is 63.2 Å². The third-order valence-electron chi connectivity index (χ3n) is 9.03. The van der Waals surface area contributed by atoms with Gasteiger partial charge in [-0.05, 0) is 79.1 Å². The molecule has 0 bridgehead atoms. The zero-order valence-electron chi connectivity index (χ0n) is 24.9.